The summed E-state index contributed by atoms with van der Waals surface area (Å²) in [4.78, 5) is 83.7. The molecule has 0 bridgehead atoms. The fourth-order valence-corrected chi connectivity index (χ4v) is 9.57. The molecule has 290 valence electrons. The number of aromatic hydroxyl groups is 1. The molecule has 4 amide bonds. The molecule has 1 saturated carbocycles. The van der Waals surface area contributed by atoms with Crippen molar-refractivity contribution in [2.75, 3.05) is 29.3 Å². The first-order valence-corrected chi connectivity index (χ1v) is 18.2. The summed E-state index contributed by atoms with van der Waals surface area (Å²) in [6, 6.07) is 19.7. The molecule has 4 aromatic carbocycles. The van der Waals surface area contributed by atoms with Gasteiger partial charge in [0.05, 0.1) is 44.4 Å². The smallest absolute Gasteiger partial charge is 0.301 e. The maximum atomic E-state index is 15.2. The van der Waals surface area contributed by atoms with Crippen molar-refractivity contribution >= 4 is 63.7 Å². The summed E-state index contributed by atoms with van der Waals surface area (Å²) >= 11 is 6.32. The molecular weight excluding hydrogens is 763 g/mol. The summed E-state index contributed by atoms with van der Waals surface area (Å²) in [6.45, 7) is 0. The largest absolute Gasteiger partial charge is 0.508 e. The summed E-state index contributed by atoms with van der Waals surface area (Å²) in [5.41, 5.74) is 0.464. The van der Waals surface area contributed by atoms with E-state index in [1.165, 1.54) is 37.2 Å². The van der Waals surface area contributed by atoms with E-state index in [1.807, 2.05) is 0 Å². The number of allylic oxidation sites excluding steroid dienone is 2. The number of rotatable bonds is 8. The normalized spacial score (nSPS) is 25.1. The van der Waals surface area contributed by atoms with Gasteiger partial charge in [-0.1, -0.05) is 53.6 Å². The Morgan fingerprint density at radius 2 is 1.51 bits per heavy atom. The first-order valence-electron chi connectivity index (χ1n) is 17.8. The van der Waals surface area contributed by atoms with Crippen LogP contribution in [0.5, 0.6) is 5.75 Å². The van der Waals surface area contributed by atoms with Crippen molar-refractivity contribution in [2.45, 2.75) is 24.2 Å². The second-order valence-electron chi connectivity index (χ2n) is 14.7. The fourth-order valence-electron chi connectivity index (χ4n) is 9.44. The summed E-state index contributed by atoms with van der Waals surface area (Å²) < 4.78 is 13.9. The monoisotopic (exact) mass is 794 g/mol. The third-order valence-corrected chi connectivity index (χ3v) is 11.9. The molecule has 3 fully saturated rings. The Labute approximate surface area is 328 Å². The molecule has 0 spiro atoms. The van der Waals surface area contributed by atoms with E-state index in [9.17, 15) is 44.1 Å². The molecule has 4 aliphatic rings. The molecule has 2 heterocycles. The molecule has 2 aliphatic carbocycles. The zero-order chi connectivity index (χ0) is 40.7. The summed E-state index contributed by atoms with van der Waals surface area (Å²) in [5.74, 6) is -8.96. The van der Waals surface area contributed by atoms with Crippen molar-refractivity contribution in [1.82, 2.24) is 5.01 Å². The summed E-state index contributed by atoms with van der Waals surface area (Å²) in [7, 11) is 2.78. The van der Waals surface area contributed by atoms with Crippen LogP contribution in [0.2, 0.25) is 5.02 Å². The highest BCUT2D eigenvalue weighted by molar-refractivity contribution is 6.30. The van der Waals surface area contributed by atoms with E-state index in [1.54, 1.807) is 48.5 Å². The zero-order valence-corrected chi connectivity index (χ0v) is 30.9. The number of nitro benzene ring substituents is 2. The van der Waals surface area contributed by atoms with Crippen molar-refractivity contribution in [2.24, 2.45) is 23.7 Å². The van der Waals surface area contributed by atoms with E-state index in [-0.39, 0.29) is 41.2 Å². The Bertz CT molecular complexity index is 2430. The molecule has 2 N–H and O–H groups in total. The molecule has 17 heteroatoms. The highest BCUT2D eigenvalue weighted by Gasteiger charge is 2.70. The molecule has 0 aromatic heterocycles. The van der Waals surface area contributed by atoms with Crippen LogP contribution in [-0.2, 0) is 24.6 Å². The van der Waals surface area contributed by atoms with Crippen molar-refractivity contribution in [1.29, 1.82) is 0 Å². The standard InChI is InChI=1S/C40H32ClFN6O9/c1-44(2)35-30(47(54)55)17-24(18-31(35)48(56)57)45-36(50)27-16-15-25-28(33(27)38(45)52)19-29-37(51)46(43-23-13-11-22(42)12-14-23)39(53)40(29,20-7-9-21(41)10-8-20)34(25)26-5-3-4-6-32(26)49/h3-15,17-18,27-29,33-34,43,49H,16,19H2,1-2H3. The minimum absolute atomic E-state index is 0.0251. The number of nitrogens with zero attached hydrogens (tertiary/aromatic N) is 5. The lowest BCUT2D eigenvalue weighted by Gasteiger charge is -2.50. The van der Waals surface area contributed by atoms with Gasteiger partial charge < -0.3 is 10.0 Å². The van der Waals surface area contributed by atoms with Crippen LogP contribution in [0.1, 0.15) is 29.9 Å². The number of carbonyl (C=O) groups is 4. The lowest BCUT2D eigenvalue weighted by Crippen LogP contribution is -2.53. The van der Waals surface area contributed by atoms with Crippen LogP contribution in [-0.4, -0.2) is 57.7 Å². The van der Waals surface area contributed by atoms with Gasteiger partial charge in [-0.3, -0.25) is 44.8 Å². The molecule has 6 atom stereocenters. The van der Waals surface area contributed by atoms with Gasteiger partial charge in [0, 0.05) is 42.7 Å². The number of para-hydroxylation sites is 1. The lowest BCUT2D eigenvalue weighted by atomic mass is 9.49. The van der Waals surface area contributed by atoms with Crippen LogP contribution in [0.3, 0.4) is 0 Å². The minimum Gasteiger partial charge on any atom is -0.508 e. The van der Waals surface area contributed by atoms with Crippen LogP contribution < -0.4 is 15.2 Å². The number of fused-ring (bicyclic) bond motifs is 4. The van der Waals surface area contributed by atoms with E-state index < -0.39 is 85.7 Å². The summed E-state index contributed by atoms with van der Waals surface area (Å²) in [6.07, 6.45) is 1.60. The van der Waals surface area contributed by atoms with Gasteiger partial charge in [-0.2, -0.15) is 5.01 Å². The van der Waals surface area contributed by atoms with Crippen molar-refractivity contribution in [3.63, 3.8) is 0 Å². The number of nitrogens with one attached hydrogen (secondary N) is 1. The summed E-state index contributed by atoms with van der Waals surface area (Å²) in [5, 5.41) is 37.1. The van der Waals surface area contributed by atoms with Gasteiger partial charge in [-0.05, 0) is 66.8 Å². The molecule has 2 saturated heterocycles. The van der Waals surface area contributed by atoms with Crippen LogP contribution in [0.4, 0.5) is 32.8 Å². The number of amides is 4. The Kier molecular flexibility index (Phi) is 8.83. The third-order valence-electron chi connectivity index (χ3n) is 11.7. The number of phenols is 1. The number of imide groups is 2. The Hall–Kier alpha value is -6.68. The van der Waals surface area contributed by atoms with Gasteiger partial charge in [-0.15, -0.1) is 0 Å². The number of carbonyl (C=O) groups excluding carboxylic acids is 4. The minimum atomic E-state index is -1.74. The van der Waals surface area contributed by atoms with E-state index in [0.717, 1.165) is 34.2 Å². The second kappa shape index (κ2) is 13.5. The average molecular weight is 795 g/mol. The second-order valence-corrected chi connectivity index (χ2v) is 15.1. The maximum Gasteiger partial charge on any atom is 0.301 e. The average Bonchev–Trinajstić information content (AvgIpc) is 3.56. The highest BCUT2D eigenvalue weighted by atomic mass is 35.5. The first-order chi connectivity index (χ1) is 27.2. The number of anilines is 3. The number of nitro groups is 2. The third kappa shape index (κ3) is 5.53. The van der Waals surface area contributed by atoms with Crippen molar-refractivity contribution < 1.29 is 38.5 Å². The van der Waals surface area contributed by atoms with Gasteiger partial charge >= 0.3 is 11.4 Å². The number of hydrogen-bond acceptors (Lipinski definition) is 11. The number of phenolic OH excluding ortho intramolecular Hbond substituents is 1. The zero-order valence-electron chi connectivity index (χ0n) is 30.2. The van der Waals surface area contributed by atoms with E-state index in [2.05, 4.69) is 5.43 Å². The number of benzene rings is 4. The fraction of sp³-hybridized carbons (Fsp3) is 0.250. The van der Waals surface area contributed by atoms with Gasteiger partial charge in [0.15, 0.2) is 5.69 Å². The molecular formula is C40H32ClFN6O9. The van der Waals surface area contributed by atoms with E-state index >= 15 is 4.79 Å². The van der Waals surface area contributed by atoms with Crippen molar-refractivity contribution in [3.8, 4) is 5.75 Å². The predicted octanol–water partition coefficient (Wildman–Crippen LogP) is 6.26. The molecule has 6 unspecified atom stereocenters. The van der Waals surface area contributed by atoms with Gasteiger partial charge in [0.1, 0.15) is 11.6 Å². The number of hydrazine groups is 1. The predicted molar refractivity (Wildman–Crippen MR) is 204 cm³/mol. The molecule has 2 aliphatic heterocycles. The SMILES string of the molecule is CN(C)c1c([N+](=O)[O-])cc(N2C(=O)C3CC=C4C(CC5C(=O)N(Nc6ccc(F)cc6)C(=O)C5(c5ccc(Cl)cc5)C4c4ccccc4O)C3C2=O)cc1[N+](=O)[O-]. The molecule has 57 heavy (non-hydrogen) atoms. The molecule has 8 rings (SSSR count). The Morgan fingerprint density at radius 1 is 0.877 bits per heavy atom. The lowest BCUT2D eigenvalue weighted by molar-refractivity contribution is -0.392. The first kappa shape index (κ1) is 37.3. The Morgan fingerprint density at radius 3 is 2.11 bits per heavy atom. The van der Waals surface area contributed by atoms with Crippen LogP contribution in [0, 0.1) is 49.7 Å². The Balaban J connectivity index is 1.30. The highest BCUT2D eigenvalue weighted by Crippen LogP contribution is 2.65. The van der Waals surface area contributed by atoms with Crippen molar-refractivity contribution in [3.05, 3.63) is 139 Å². The van der Waals surface area contributed by atoms with Crippen LogP contribution in [0.25, 0.3) is 0 Å². The number of hydrogen-bond donors (Lipinski definition) is 2. The number of halogens is 2. The maximum absolute atomic E-state index is 15.2. The molecule has 0 radical (unpaired) electrons. The van der Waals surface area contributed by atoms with E-state index in [4.69, 9.17) is 11.6 Å². The van der Waals surface area contributed by atoms with E-state index in [0.29, 0.717) is 16.2 Å². The van der Waals surface area contributed by atoms with Crippen LogP contribution in [0.15, 0.2) is 96.6 Å². The quantitative estimate of drug-likeness (QED) is 0.0885. The van der Waals surface area contributed by atoms with Gasteiger partial charge in [-0.25, -0.2) is 9.29 Å². The van der Waals surface area contributed by atoms with Crippen LogP contribution >= 0.6 is 11.6 Å². The molecule has 15 nitrogen and oxygen atoms in total. The van der Waals surface area contributed by atoms with Gasteiger partial charge in [0.25, 0.3) is 11.8 Å². The van der Waals surface area contributed by atoms with Gasteiger partial charge in [0.2, 0.25) is 11.8 Å². The molecule has 4 aromatic rings. The topological polar surface area (TPSA) is 197 Å².